The second-order valence-corrected chi connectivity index (χ2v) is 6.83. The van der Waals surface area contributed by atoms with Crippen molar-refractivity contribution in [3.63, 3.8) is 0 Å². The number of nitrogens with zero attached hydrogens (tertiary/aromatic N) is 3. The minimum Gasteiger partial charge on any atom is -0.405 e. The lowest BCUT2D eigenvalue weighted by molar-refractivity contribution is -0.121. The Kier molecular flexibility index (Phi) is 5.32. The Bertz CT molecular complexity index is 921. The van der Waals surface area contributed by atoms with Crippen LogP contribution in [0.2, 0.25) is 0 Å². The molecule has 1 saturated heterocycles. The highest BCUT2D eigenvalue weighted by atomic mass is 19.1. The summed E-state index contributed by atoms with van der Waals surface area (Å²) in [6.07, 6.45) is 2.35. The summed E-state index contributed by atoms with van der Waals surface area (Å²) >= 11 is 0. The first kappa shape index (κ1) is 18.2. The second kappa shape index (κ2) is 8.21. The fourth-order valence-electron chi connectivity index (χ4n) is 3.31. The van der Waals surface area contributed by atoms with Gasteiger partial charge >= 0.3 is 6.01 Å². The fourth-order valence-corrected chi connectivity index (χ4v) is 3.31. The number of amides is 1. The van der Waals surface area contributed by atoms with E-state index in [4.69, 9.17) is 4.42 Å². The Hall–Kier alpha value is -3.22. The summed E-state index contributed by atoms with van der Waals surface area (Å²) in [4.78, 5) is 14.7. The van der Waals surface area contributed by atoms with Gasteiger partial charge in [-0.3, -0.25) is 4.79 Å². The Balaban J connectivity index is 1.54. The van der Waals surface area contributed by atoms with Crippen molar-refractivity contribution in [3.05, 3.63) is 77.4 Å². The summed E-state index contributed by atoms with van der Waals surface area (Å²) in [6.45, 7) is 1.79. The number of halogens is 1. The van der Waals surface area contributed by atoms with Crippen molar-refractivity contribution in [3.8, 4) is 0 Å². The third kappa shape index (κ3) is 4.19. The monoisotopic (exact) mass is 380 g/mol. The van der Waals surface area contributed by atoms with E-state index in [1.807, 2.05) is 30.3 Å². The molecule has 0 radical (unpaired) electrons. The number of hydrogen-bond donors (Lipinski definition) is 1. The molecule has 1 unspecified atom stereocenters. The van der Waals surface area contributed by atoms with E-state index < -0.39 is 6.04 Å². The number of benzene rings is 2. The van der Waals surface area contributed by atoms with E-state index in [1.54, 1.807) is 12.1 Å². The van der Waals surface area contributed by atoms with E-state index in [1.165, 1.54) is 12.1 Å². The van der Waals surface area contributed by atoms with Crippen molar-refractivity contribution in [2.45, 2.75) is 25.3 Å². The van der Waals surface area contributed by atoms with E-state index >= 15 is 0 Å². The average Bonchev–Trinajstić information content (AvgIpc) is 3.40. The normalized spacial score (nSPS) is 14.8. The smallest absolute Gasteiger partial charge is 0.318 e. The highest BCUT2D eigenvalue weighted by Gasteiger charge is 2.25. The van der Waals surface area contributed by atoms with Gasteiger partial charge in [-0.1, -0.05) is 47.6 Å². The largest absolute Gasteiger partial charge is 0.405 e. The molecule has 1 aliphatic rings. The van der Waals surface area contributed by atoms with Gasteiger partial charge in [0, 0.05) is 13.1 Å². The molecule has 0 saturated carbocycles. The summed E-state index contributed by atoms with van der Waals surface area (Å²) in [5.41, 5.74) is 1.58. The molecular formula is C21H21FN4O2. The number of hydrogen-bond acceptors (Lipinski definition) is 5. The molecular weight excluding hydrogens is 359 g/mol. The SMILES string of the molecule is O=C(Cc1ccc(F)cc1)NC(c1ccccc1)c1nnc(N2CCCC2)o1. The van der Waals surface area contributed by atoms with Gasteiger partial charge in [0.25, 0.3) is 0 Å². The van der Waals surface area contributed by atoms with Crippen LogP contribution in [0, 0.1) is 5.82 Å². The van der Waals surface area contributed by atoms with Crippen LogP contribution in [-0.2, 0) is 11.2 Å². The van der Waals surface area contributed by atoms with E-state index in [9.17, 15) is 9.18 Å². The molecule has 144 valence electrons. The zero-order chi connectivity index (χ0) is 19.3. The van der Waals surface area contributed by atoms with Crippen LogP contribution in [0.25, 0.3) is 0 Å². The van der Waals surface area contributed by atoms with E-state index in [0.29, 0.717) is 11.9 Å². The van der Waals surface area contributed by atoms with Gasteiger partial charge in [-0.2, -0.15) is 0 Å². The molecule has 0 spiro atoms. The number of nitrogens with one attached hydrogen (secondary N) is 1. The standard InChI is InChI=1S/C21H21FN4O2/c22-17-10-8-15(9-11-17)14-18(27)23-19(16-6-2-1-3-7-16)20-24-25-21(28-20)26-12-4-5-13-26/h1-3,6-11,19H,4-5,12-14H2,(H,23,27). The van der Waals surface area contributed by atoms with Crippen molar-refractivity contribution in [2.75, 3.05) is 18.0 Å². The Morgan fingerprint density at radius 3 is 2.50 bits per heavy atom. The first-order valence-corrected chi connectivity index (χ1v) is 9.36. The molecule has 1 fully saturated rings. The summed E-state index contributed by atoms with van der Waals surface area (Å²) in [5, 5.41) is 11.3. The predicted molar refractivity (Wildman–Crippen MR) is 102 cm³/mol. The van der Waals surface area contributed by atoms with Crippen LogP contribution >= 0.6 is 0 Å². The highest BCUT2D eigenvalue weighted by molar-refractivity contribution is 5.79. The third-order valence-corrected chi connectivity index (χ3v) is 4.77. The maximum absolute atomic E-state index is 13.1. The maximum atomic E-state index is 13.1. The van der Waals surface area contributed by atoms with E-state index in [2.05, 4.69) is 20.4 Å². The molecule has 0 aliphatic carbocycles. The molecule has 3 aromatic rings. The molecule has 4 rings (SSSR count). The average molecular weight is 380 g/mol. The molecule has 0 bridgehead atoms. The van der Waals surface area contributed by atoms with Crippen LogP contribution in [0.4, 0.5) is 10.4 Å². The topological polar surface area (TPSA) is 71.3 Å². The molecule has 1 aromatic heterocycles. The van der Waals surface area contributed by atoms with E-state index in [0.717, 1.165) is 37.1 Å². The molecule has 28 heavy (non-hydrogen) atoms. The van der Waals surface area contributed by atoms with Gasteiger partial charge in [0.15, 0.2) is 0 Å². The van der Waals surface area contributed by atoms with Gasteiger partial charge in [-0.25, -0.2) is 4.39 Å². The third-order valence-electron chi connectivity index (χ3n) is 4.77. The second-order valence-electron chi connectivity index (χ2n) is 6.83. The van der Waals surface area contributed by atoms with Gasteiger partial charge in [0.05, 0.1) is 6.42 Å². The van der Waals surface area contributed by atoms with Crippen molar-refractivity contribution in [2.24, 2.45) is 0 Å². The molecule has 6 nitrogen and oxygen atoms in total. The lowest BCUT2D eigenvalue weighted by Crippen LogP contribution is -2.30. The summed E-state index contributed by atoms with van der Waals surface area (Å²) < 4.78 is 19.0. The minimum absolute atomic E-state index is 0.136. The summed E-state index contributed by atoms with van der Waals surface area (Å²) in [5.74, 6) is -0.187. The summed E-state index contributed by atoms with van der Waals surface area (Å²) in [6, 6.07) is 15.3. The van der Waals surface area contributed by atoms with Gasteiger partial charge < -0.3 is 14.6 Å². The molecule has 2 aromatic carbocycles. The lowest BCUT2D eigenvalue weighted by Gasteiger charge is -2.16. The highest BCUT2D eigenvalue weighted by Crippen LogP contribution is 2.25. The van der Waals surface area contributed by atoms with Crippen LogP contribution < -0.4 is 10.2 Å². The maximum Gasteiger partial charge on any atom is 0.318 e. The van der Waals surface area contributed by atoms with E-state index in [-0.39, 0.29) is 18.1 Å². The first-order chi connectivity index (χ1) is 13.7. The molecule has 7 heteroatoms. The lowest BCUT2D eigenvalue weighted by atomic mass is 10.1. The van der Waals surface area contributed by atoms with Crippen LogP contribution in [0.15, 0.2) is 59.0 Å². The fraction of sp³-hybridized carbons (Fsp3) is 0.286. The Morgan fingerprint density at radius 2 is 1.79 bits per heavy atom. The van der Waals surface area contributed by atoms with Crippen LogP contribution in [-0.4, -0.2) is 29.2 Å². The van der Waals surface area contributed by atoms with Gasteiger partial charge in [0.2, 0.25) is 11.8 Å². The minimum atomic E-state index is -0.544. The van der Waals surface area contributed by atoms with Crippen molar-refractivity contribution in [1.29, 1.82) is 0 Å². The van der Waals surface area contributed by atoms with Crippen molar-refractivity contribution < 1.29 is 13.6 Å². The number of anilines is 1. The van der Waals surface area contributed by atoms with Gasteiger partial charge in [-0.05, 0) is 36.1 Å². The number of aromatic nitrogens is 2. The number of rotatable bonds is 6. The summed E-state index contributed by atoms with van der Waals surface area (Å²) in [7, 11) is 0. The van der Waals surface area contributed by atoms with Crippen LogP contribution in [0.3, 0.4) is 0 Å². The first-order valence-electron chi connectivity index (χ1n) is 9.36. The molecule has 1 amide bonds. The molecule has 1 atom stereocenters. The molecule has 1 aliphatic heterocycles. The number of carbonyl (C=O) groups is 1. The molecule has 2 heterocycles. The Morgan fingerprint density at radius 1 is 1.07 bits per heavy atom. The zero-order valence-electron chi connectivity index (χ0n) is 15.3. The number of carbonyl (C=O) groups excluding carboxylic acids is 1. The zero-order valence-corrected chi connectivity index (χ0v) is 15.3. The van der Waals surface area contributed by atoms with Crippen molar-refractivity contribution >= 4 is 11.9 Å². The van der Waals surface area contributed by atoms with Crippen LogP contribution in [0.1, 0.15) is 35.9 Å². The van der Waals surface area contributed by atoms with Gasteiger partial charge in [-0.15, -0.1) is 5.10 Å². The quantitative estimate of drug-likeness (QED) is 0.711. The van der Waals surface area contributed by atoms with Crippen LogP contribution in [0.5, 0.6) is 0 Å². The Labute approximate surface area is 162 Å². The van der Waals surface area contributed by atoms with Crippen molar-refractivity contribution in [1.82, 2.24) is 15.5 Å². The predicted octanol–water partition coefficient (Wildman–Crippen LogP) is 3.26. The van der Waals surface area contributed by atoms with Gasteiger partial charge in [0.1, 0.15) is 11.9 Å². The molecule has 1 N–H and O–H groups in total.